The van der Waals surface area contributed by atoms with E-state index >= 15 is 0 Å². The fourth-order valence-corrected chi connectivity index (χ4v) is 3.09. The van der Waals surface area contributed by atoms with Gasteiger partial charge in [-0.05, 0) is 43.2 Å². The molecule has 1 aliphatic rings. The van der Waals surface area contributed by atoms with Crippen LogP contribution in [0.5, 0.6) is 0 Å². The summed E-state index contributed by atoms with van der Waals surface area (Å²) in [5.74, 6) is -1.18. The summed E-state index contributed by atoms with van der Waals surface area (Å²) in [5.41, 5.74) is 1.12. The van der Waals surface area contributed by atoms with Gasteiger partial charge in [0.05, 0.1) is 6.61 Å². The summed E-state index contributed by atoms with van der Waals surface area (Å²) >= 11 is 0. The van der Waals surface area contributed by atoms with E-state index in [0.29, 0.717) is 6.42 Å². The van der Waals surface area contributed by atoms with E-state index in [0.717, 1.165) is 19.3 Å². The molecule has 1 aromatic carbocycles. The third-order valence-electron chi connectivity index (χ3n) is 4.25. The molecule has 2 N–H and O–H groups in total. The number of aliphatic carboxylic acids is 1. The molecule has 1 amide bonds. The molecule has 0 spiro atoms. The normalized spacial score (nSPS) is 19.8. The second kappa shape index (κ2) is 6.92. The fourth-order valence-electron chi connectivity index (χ4n) is 3.09. The van der Waals surface area contributed by atoms with E-state index in [-0.39, 0.29) is 18.4 Å². The van der Waals surface area contributed by atoms with Crippen molar-refractivity contribution in [1.82, 2.24) is 5.32 Å². The van der Waals surface area contributed by atoms with Gasteiger partial charge in [0, 0.05) is 13.5 Å². The average Bonchev–Trinajstić information content (AvgIpc) is 2.47. The minimum Gasteiger partial charge on any atom is -0.479 e. The van der Waals surface area contributed by atoms with Gasteiger partial charge in [-0.3, -0.25) is 4.79 Å². The first-order valence-corrected chi connectivity index (χ1v) is 7.57. The van der Waals surface area contributed by atoms with Gasteiger partial charge in [0.2, 0.25) is 5.91 Å². The largest absolute Gasteiger partial charge is 0.479 e. The van der Waals surface area contributed by atoms with Gasteiger partial charge in [-0.1, -0.05) is 24.3 Å². The van der Waals surface area contributed by atoms with Crippen molar-refractivity contribution >= 4 is 11.9 Å². The summed E-state index contributed by atoms with van der Waals surface area (Å²) in [6, 6.07) is 8.17. The van der Waals surface area contributed by atoms with E-state index in [4.69, 9.17) is 4.74 Å². The topological polar surface area (TPSA) is 75.6 Å². The summed E-state index contributed by atoms with van der Waals surface area (Å²) in [4.78, 5) is 23.6. The Balaban J connectivity index is 2.05. The van der Waals surface area contributed by atoms with Crippen LogP contribution in [0.3, 0.4) is 0 Å². The third-order valence-corrected chi connectivity index (χ3v) is 4.25. The number of methoxy groups -OCH3 is 1. The van der Waals surface area contributed by atoms with Crippen molar-refractivity contribution in [2.24, 2.45) is 0 Å². The molecule has 0 heterocycles. The van der Waals surface area contributed by atoms with Crippen molar-refractivity contribution in [2.45, 2.75) is 44.1 Å². The van der Waals surface area contributed by atoms with Gasteiger partial charge in [0.25, 0.3) is 0 Å². The van der Waals surface area contributed by atoms with Crippen LogP contribution < -0.4 is 5.32 Å². The number of fused-ring (bicyclic) bond motifs is 1. The predicted octanol–water partition coefficient (Wildman–Crippen LogP) is 2.10. The molecule has 2 rings (SSSR count). The molecule has 5 nitrogen and oxygen atoms in total. The van der Waals surface area contributed by atoms with Crippen LogP contribution in [0, 0.1) is 0 Å². The SMILES string of the molecule is COCC(C)(NC(=O)CC1CCCc2ccccc21)C(=O)O. The molecule has 0 fully saturated rings. The van der Waals surface area contributed by atoms with Gasteiger partial charge >= 0.3 is 5.97 Å². The quantitative estimate of drug-likeness (QED) is 0.844. The maximum atomic E-state index is 12.3. The monoisotopic (exact) mass is 305 g/mol. The standard InChI is InChI=1S/C17H23NO4/c1-17(11-22-2,16(20)21)18-15(19)10-13-8-5-7-12-6-3-4-9-14(12)13/h3-4,6,9,13H,5,7-8,10-11H2,1-2H3,(H,18,19)(H,20,21). The lowest BCUT2D eigenvalue weighted by Gasteiger charge is -2.28. The van der Waals surface area contributed by atoms with E-state index in [9.17, 15) is 14.7 Å². The highest BCUT2D eigenvalue weighted by Crippen LogP contribution is 2.33. The molecule has 0 aliphatic heterocycles. The van der Waals surface area contributed by atoms with E-state index in [1.165, 1.54) is 25.2 Å². The van der Waals surface area contributed by atoms with Crippen LogP contribution in [0.4, 0.5) is 0 Å². The number of hydrogen-bond acceptors (Lipinski definition) is 3. The molecule has 120 valence electrons. The number of aryl methyl sites for hydroxylation is 1. The number of ether oxygens (including phenoxy) is 1. The van der Waals surface area contributed by atoms with E-state index < -0.39 is 11.5 Å². The highest BCUT2D eigenvalue weighted by molar-refractivity contribution is 5.87. The van der Waals surface area contributed by atoms with E-state index in [1.807, 2.05) is 12.1 Å². The molecule has 0 aromatic heterocycles. The van der Waals surface area contributed by atoms with Gasteiger partial charge < -0.3 is 15.2 Å². The number of benzene rings is 1. The summed E-state index contributed by atoms with van der Waals surface area (Å²) < 4.78 is 4.92. The summed E-state index contributed by atoms with van der Waals surface area (Å²) in [6.45, 7) is 1.40. The number of carboxylic acid groups (broad SMARTS) is 1. The summed E-state index contributed by atoms with van der Waals surface area (Å²) in [7, 11) is 1.42. The second-order valence-electron chi connectivity index (χ2n) is 6.11. The number of carbonyl (C=O) groups excluding carboxylic acids is 1. The van der Waals surface area contributed by atoms with Crippen molar-refractivity contribution in [1.29, 1.82) is 0 Å². The van der Waals surface area contributed by atoms with Gasteiger partial charge in [-0.15, -0.1) is 0 Å². The van der Waals surface area contributed by atoms with Gasteiger partial charge in [-0.25, -0.2) is 4.79 Å². The van der Waals surface area contributed by atoms with Crippen LogP contribution in [0.2, 0.25) is 0 Å². The molecular formula is C17H23NO4. The minimum absolute atomic E-state index is 0.0602. The van der Waals surface area contributed by atoms with E-state index in [2.05, 4.69) is 17.4 Å². The molecule has 0 saturated carbocycles. The van der Waals surface area contributed by atoms with Crippen molar-refractivity contribution in [3.63, 3.8) is 0 Å². The Morgan fingerprint density at radius 2 is 2.14 bits per heavy atom. The highest BCUT2D eigenvalue weighted by Gasteiger charge is 2.35. The first kappa shape index (κ1) is 16.5. The molecular weight excluding hydrogens is 282 g/mol. The number of rotatable bonds is 6. The lowest BCUT2D eigenvalue weighted by atomic mass is 9.81. The molecule has 2 atom stereocenters. The Morgan fingerprint density at radius 1 is 1.41 bits per heavy atom. The second-order valence-corrected chi connectivity index (χ2v) is 6.11. The number of nitrogens with one attached hydrogen (secondary N) is 1. The summed E-state index contributed by atoms with van der Waals surface area (Å²) in [5, 5.41) is 11.9. The molecule has 1 aliphatic carbocycles. The number of amides is 1. The van der Waals surface area contributed by atoms with Gasteiger partial charge in [-0.2, -0.15) is 0 Å². The Labute approximate surface area is 130 Å². The highest BCUT2D eigenvalue weighted by atomic mass is 16.5. The predicted molar refractivity (Wildman–Crippen MR) is 82.8 cm³/mol. The van der Waals surface area contributed by atoms with Crippen LogP contribution in [-0.4, -0.2) is 36.2 Å². The zero-order chi connectivity index (χ0) is 16.2. The lowest BCUT2D eigenvalue weighted by Crippen LogP contribution is -2.55. The van der Waals surface area contributed by atoms with Gasteiger partial charge in [0.15, 0.2) is 5.54 Å². The lowest BCUT2D eigenvalue weighted by molar-refractivity contribution is -0.149. The van der Waals surface area contributed by atoms with Gasteiger partial charge in [0.1, 0.15) is 0 Å². The smallest absolute Gasteiger partial charge is 0.331 e. The number of carbonyl (C=O) groups is 2. The van der Waals surface area contributed by atoms with Crippen molar-refractivity contribution in [2.75, 3.05) is 13.7 Å². The minimum atomic E-state index is -1.39. The first-order chi connectivity index (χ1) is 10.5. The third kappa shape index (κ3) is 3.65. The van der Waals surface area contributed by atoms with Crippen molar-refractivity contribution in [3.05, 3.63) is 35.4 Å². The average molecular weight is 305 g/mol. The zero-order valence-corrected chi connectivity index (χ0v) is 13.1. The molecule has 22 heavy (non-hydrogen) atoms. The summed E-state index contributed by atoms with van der Waals surface area (Å²) in [6.07, 6.45) is 3.37. The Kier molecular flexibility index (Phi) is 5.19. The van der Waals surface area contributed by atoms with Crippen LogP contribution in [0.1, 0.15) is 43.2 Å². The van der Waals surface area contributed by atoms with Crippen LogP contribution in [0.15, 0.2) is 24.3 Å². The Bertz CT molecular complexity index is 557. The van der Waals surface area contributed by atoms with Crippen molar-refractivity contribution < 1.29 is 19.4 Å². The fraction of sp³-hybridized carbons (Fsp3) is 0.529. The maximum Gasteiger partial charge on any atom is 0.331 e. The molecule has 2 unspecified atom stereocenters. The van der Waals surface area contributed by atoms with E-state index in [1.54, 1.807) is 0 Å². The van der Waals surface area contributed by atoms with Crippen LogP contribution in [-0.2, 0) is 20.7 Å². The molecule has 0 radical (unpaired) electrons. The van der Waals surface area contributed by atoms with Crippen molar-refractivity contribution in [3.8, 4) is 0 Å². The maximum absolute atomic E-state index is 12.3. The van der Waals surface area contributed by atoms with Crippen LogP contribution in [0.25, 0.3) is 0 Å². The Hall–Kier alpha value is -1.88. The molecule has 0 bridgehead atoms. The molecule has 1 aromatic rings. The Morgan fingerprint density at radius 3 is 2.82 bits per heavy atom. The van der Waals surface area contributed by atoms with Crippen LogP contribution >= 0.6 is 0 Å². The molecule has 0 saturated heterocycles. The zero-order valence-electron chi connectivity index (χ0n) is 13.1. The molecule has 5 heteroatoms. The number of carboxylic acids is 1. The number of hydrogen-bond donors (Lipinski definition) is 2. The first-order valence-electron chi connectivity index (χ1n) is 7.57.